The van der Waals surface area contributed by atoms with Crippen molar-refractivity contribution in [2.24, 2.45) is 0 Å². The predicted molar refractivity (Wildman–Crippen MR) is 62.3 cm³/mol. The summed E-state index contributed by atoms with van der Waals surface area (Å²) >= 11 is 0. The summed E-state index contributed by atoms with van der Waals surface area (Å²) in [5.41, 5.74) is 0. The Hall–Kier alpha value is -2.11. The summed E-state index contributed by atoms with van der Waals surface area (Å²) in [6, 6.07) is 1.84. The molecule has 2 aromatic heterocycles. The van der Waals surface area contributed by atoms with Gasteiger partial charge in [0, 0.05) is 38.7 Å². The van der Waals surface area contributed by atoms with Crippen molar-refractivity contribution in [2.75, 3.05) is 24.2 Å². The fourth-order valence-electron chi connectivity index (χ4n) is 1.31. The van der Waals surface area contributed by atoms with Crippen molar-refractivity contribution in [3.63, 3.8) is 0 Å². The molecule has 0 aromatic carbocycles. The molecule has 0 spiro atoms. The van der Waals surface area contributed by atoms with E-state index in [9.17, 15) is 0 Å². The maximum atomic E-state index is 4.25. The molecule has 0 saturated carbocycles. The molecule has 6 nitrogen and oxygen atoms in total. The van der Waals surface area contributed by atoms with E-state index in [1.165, 1.54) is 0 Å². The van der Waals surface area contributed by atoms with E-state index in [0.717, 1.165) is 18.9 Å². The third kappa shape index (κ3) is 2.69. The van der Waals surface area contributed by atoms with E-state index < -0.39 is 0 Å². The summed E-state index contributed by atoms with van der Waals surface area (Å²) in [6.45, 7) is 1.66. The van der Waals surface area contributed by atoms with Crippen molar-refractivity contribution in [2.45, 2.75) is 6.54 Å². The van der Waals surface area contributed by atoms with Crippen LogP contribution in [0.5, 0.6) is 0 Å². The first kappa shape index (κ1) is 10.4. The van der Waals surface area contributed by atoms with E-state index in [-0.39, 0.29) is 0 Å². The van der Waals surface area contributed by atoms with Crippen molar-refractivity contribution in [3.05, 3.63) is 31.0 Å². The van der Waals surface area contributed by atoms with Gasteiger partial charge >= 0.3 is 0 Å². The van der Waals surface area contributed by atoms with Gasteiger partial charge in [0.2, 0.25) is 5.95 Å². The molecule has 2 N–H and O–H groups in total. The Morgan fingerprint density at radius 3 is 3.06 bits per heavy atom. The van der Waals surface area contributed by atoms with E-state index in [0.29, 0.717) is 5.95 Å². The first-order chi connectivity index (χ1) is 7.88. The second kappa shape index (κ2) is 5.11. The molecule has 2 heterocycles. The van der Waals surface area contributed by atoms with Crippen LogP contribution in [-0.4, -0.2) is 33.1 Å². The lowest BCUT2D eigenvalue weighted by Gasteiger charge is -2.06. The normalized spacial score (nSPS) is 10.1. The molecule has 16 heavy (non-hydrogen) atoms. The number of rotatable bonds is 5. The average Bonchev–Trinajstić information content (AvgIpc) is 2.82. The first-order valence-corrected chi connectivity index (χ1v) is 5.09. The van der Waals surface area contributed by atoms with E-state index >= 15 is 0 Å². The molecule has 84 valence electrons. The highest BCUT2D eigenvalue weighted by Gasteiger charge is 1.96. The number of nitrogens with zero attached hydrogens (tertiary/aromatic N) is 4. The lowest BCUT2D eigenvalue weighted by Crippen LogP contribution is -2.10. The Kier molecular flexibility index (Phi) is 3.32. The molecule has 6 heteroatoms. The van der Waals surface area contributed by atoms with Gasteiger partial charge in [0.25, 0.3) is 0 Å². The number of aromatic nitrogens is 4. The third-order valence-corrected chi connectivity index (χ3v) is 2.11. The predicted octanol–water partition coefficient (Wildman–Crippen LogP) is 0.827. The molecule has 0 unspecified atom stereocenters. The van der Waals surface area contributed by atoms with Gasteiger partial charge in [-0.1, -0.05) is 0 Å². The fourth-order valence-corrected chi connectivity index (χ4v) is 1.31. The van der Waals surface area contributed by atoms with Crippen LogP contribution < -0.4 is 10.6 Å². The van der Waals surface area contributed by atoms with Gasteiger partial charge in [0.15, 0.2) is 0 Å². The van der Waals surface area contributed by atoms with Gasteiger partial charge in [-0.15, -0.1) is 0 Å². The quantitative estimate of drug-likeness (QED) is 0.778. The minimum absolute atomic E-state index is 0.618. The van der Waals surface area contributed by atoms with Gasteiger partial charge in [-0.25, -0.2) is 9.97 Å². The Morgan fingerprint density at radius 1 is 1.38 bits per heavy atom. The molecule has 0 amide bonds. The zero-order valence-corrected chi connectivity index (χ0v) is 9.09. The summed E-state index contributed by atoms with van der Waals surface area (Å²) in [7, 11) is 1.80. The lowest BCUT2D eigenvalue weighted by atomic mass is 10.5. The zero-order valence-electron chi connectivity index (χ0n) is 9.09. The number of hydrogen-bond donors (Lipinski definition) is 2. The monoisotopic (exact) mass is 218 g/mol. The van der Waals surface area contributed by atoms with Gasteiger partial charge in [0.05, 0.1) is 6.33 Å². The maximum absolute atomic E-state index is 4.25. The topological polar surface area (TPSA) is 67.7 Å². The van der Waals surface area contributed by atoms with Crippen molar-refractivity contribution >= 4 is 11.8 Å². The average molecular weight is 218 g/mol. The molecular formula is C10H14N6. The summed E-state index contributed by atoms with van der Waals surface area (Å²) in [4.78, 5) is 12.3. The van der Waals surface area contributed by atoms with E-state index in [1.54, 1.807) is 25.8 Å². The minimum Gasteiger partial charge on any atom is -0.368 e. The van der Waals surface area contributed by atoms with Crippen molar-refractivity contribution in [3.8, 4) is 0 Å². The van der Waals surface area contributed by atoms with Gasteiger partial charge in [0.1, 0.15) is 5.82 Å². The zero-order chi connectivity index (χ0) is 11.2. The minimum atomic E-state index is 0.618. The smallest absolute Gasteiger partial charge is 0.224 e. The van der Waals surface area contributed by atoms with Crippen LogP contribution in [0.2, 0.25) is 0 Å². The van der Waals surface area contributed by atoms with Crippen LogP contribution >= 0.6 is 0 Å². The standard InChI is InChI=1S/C10H14N6/c1-11-10-14-3-2-9(15-10)13-5-7-16-6-4-12-8-16/h2-4,6,8H,5,7H2,1H3,(H2,11,13,14,15). The highest BCUT2D eigenvalue weighted by Crippen LogP contribution is 2.04. The Balaban J connectivity index is 1.85. The number of imidazole rings is 1. The molecule has 0 aliphatic heterocycles. The molecule has 0 bridgehead atoms. The molecule has 2 rings (SSSR count). The molecule has 0 saturated heterocycles. The van der Waals surface area contributed by atoms with E-state index in [1.807, 2.05) is 16.8 Å². The number of hydrogen-bond acceptors (Lipinski definition) is 5. The van der Waals surface area contributed by atoms with Crippen molar-refractivity contribution in [1.29, 1.82) is 0 Å². The SMILES string of the molecule is CNc1nccc(NCCn2ccnc2)n1. The second-order valence-corrected chi connectivity index (χ2v) is 3.24. The van der Waals surface area contributed by atoms with E-state index in [4.69, 9.17) is 0 Å². The van der Waals surface area contributed by atoms with Crippen LogP contribution in [0.25, 0.3) is 0 Å². The van der Waals surface area contributed by atoms with Crippen LogP contribution in [0.4, 0.5) is 11.8 Å². The Bertz CT molecular complexity index is 425. The molecular weight excluding hydrogens is 204 g/mol. The maximum Gasteiger partial charge on any atom is 0.224 e. The number of nitrogens with one attached hydrogen (secondary N) is 2. The second-order valence-electron chi connectivity index (χ2n) is 3.24. The van der Waals surface area contributed by atoms with Crippen molar-refractivity contribution in [1.82, 2.24) is 19.5 Å². The first-order valence-electron chi connectivity index (χ1n) is 5.09. The van der Waals surface area contributed by atoms with Crippen LogP contribution in [-0.2, 0) is 6.54 Å². The molecule has 2 aromatic rings. The highest BCUT2D eigenvalue weighted by atomic mass is 15.1. The summed E-state index contributed by atoms with van der Waals surface area (Å²) in [6.07, 6.45) is 7.21. The van der Waals surface area contributed by atoms with E-state index in [2.05, 4.69) is 25.6 Å². The molecule has 0 radical (unpaired) electrons. The van der Waals surface area contributed by atoms with Crippen LogP contribution in [0.3, 0.4) is 0 Å². The van der Waals surface area contributed by atoms with Gasteiger partial charge in [-0.3, -0.25) is 0 Å². The van der Waals surface area contributed by atoms with Crippen LogP contribution in [0.1, 0.15) is 0 Å². The summed E-state index contributed by atoms with van der Waals surface area (Å²) in [5.74, 6) is 1.44. The van der Waals surface area contributed by atoms with Gasteiger partial charge in [-0.05, 0) is 6.07 Å². The fraction of sp³-hybridized carbons (Fsp3) is 0.300. The largest absolute Gasteiger partial charge is 0.368 e. The molecule has 0 atom stereocenters. The number of anilines is 2. The van der Waals surface area contributed by atoms with Crippen LogP contribution in [0, 0.1) is 0 Å². The lowest BCUT2D eigenvalue weighted by molar-refractivity contribution is 0.725. The Labute approximate surface area is 93.8 Å². The van der Waals surface area contributed by atoms with Crippen LogP contribution in [0.15, 0.2) is 31.0 Å². The molecule has 0 fully saturated rings. The molecule has 0 aliphatic carbocycles. The third-order valence-electron chi connectivity index (χ3n) is 2.11. The van der Waals surface area contributed by atoms with Gasteiger partial charge < -0.3 is 15.2 Å². The molecule has 0 aliphatic rings. The Morgan fingerprint density at radius 2 is 2.31 bits per heavy atom. The summed E-state index contributed by atoms with van der Waals surface area (Å²) < 4.78 is 2.01. The summed E-state index contributed by atoms with van der Waals surface area (Å²) in [5, 5.41) is 6.11. The van der Waals surface area contributed by atoms with Crippen molar-refractivity contribution < 1.29 is 0 Å². The highest BCUT2D eigenvalue weighted by molar-refractivity contribution is 5.38. The van der Waals surface area contributed by atoms with Gasteiger partial charge in [-0.2, -0.15) is 4.98 Å².